The van der Waals surface area contributed by atoms with Crippen molar-refractivity contribution in [2.45, 2.75) is 13.0 Å². The van der Waals surface area contributed by atoms with E-state index in [1.54, 1.807) is 19.0 Å². The third kappa shape index (κ3) is 5.58. The number of fused-ring (bicyclic) bond motifs is 1. The number of carbonyl (C=O) groups is 1. The van der Waals surface area contributed by atoms with E-state index in [0.717, 1.165) is 11.0 Å². The molecular formula is C22H22F2N3O6S-. The van der Waals surface area contributed by atoms with E-state index >= 15 is 4.39 Å². The number of nitrogens with one attached hydrogen (secondary N) is 1. The van der Waals surface area contributed by atoms with Crippen molar-refractivity contribution >= 4 is 34.0 Å². The van der Waals surface area contributed by atoms with Crippen molar-refractivity contribution in [1.82, 2.24) is 9.80 Å². The molecule has 1 N–H and O–H groups in total. The Morgan fingerprint density at radius 3 is 2.50 bits per heavy atom. The first-order valence-corrected chi connectivity index (χ1v) is 11.0. The van der Waals surface area contributed by atoms with Crippen LogP contribution in [-0.4, -0.2) is 52.8 Å². The number of nitrogens with zero attached hydrogens (tertiary/aromatic N) is 2. The molecule has 0 saturated heterocycles. The van der Waals surface area contributed by atoms with Gasteiger partial charge in [-0.1, -0.05) is 12.1 Å². The van der Waals surface area contributed by atoms with Crippen LogP contribution >= 0.6 is 0 Å². The average Bonchev–Trinajstić information content (AvgIpc) is 2.72. The predicted octanol–water partition coefficient (Wildman–Crippen LogP) is 2.99. The van der Waals surface area contributed by atoms with E-state index in [1.807, 2.05) is 4.72 Å². The third-order valence-corrected chi connectivity index (χ3v) is 5.21. The topological polar surface area (TPSA) is 115 Å². The molecule has 3 aromatic rings. The quantitative estimate of drug-likeness (QED) is 0.397. The summed E-state index contributed by atoms with van der Waals surface area (Å²) in [5, 5.41) is -0.0108. The largest absolute Gasteiger partial charge is 0.755 e. The second-order valence-electron chi connectivity index (χ2n) is 7.92. The molecule has 34 heavy (non-hydrogen) atoms. The highest BCUT2D eigenvalue weighted by Crippen LogP contribution is 2.30. The molecule has 0 bridgehead atoms. The Balaban J connectivity index is 2.17. The molecule has 0 spiro atoms. The molecule has 1 amide bonds. The van der Waals surface area contributed by atoms with E-state index in [1.165, 1.54) is 38.4 Å². The normalized spacial score (nSPS) is 12.1. The fourth-order valence-electron chi connectivity index (χ4n) is 3.36. The number of hydrogen-bond donors (Lipinski definition) is 1. The molecule has 0 aliphatic carbocycles. The van der Waals surface area contributed by atoms with Crippen LogP contribution in [0.25, 0.3) is 11.0 Å². The standard InChI is InChI=1S/C22H23F2N3O6S/c1-26(2)11-15-14(8-12-6-5-7-17(20(12)24)25-34(30)31)21(28)33-18-10-13(9-16(23)19(15)18)32-22(29)27(3)4/h5-7,9-10,25H,8,11H2,1-4H3,(H,30,31)/p-1. The van der Waals surface area contributed by atoms with Gasteiger partial charge >= 0.3 is 11.7 Å². The van der Waals surface area contributed by atoms with E-state index in [4.69, 9.17) is 9.15 Å². The number of amides is 1. The van der Waals surface area contributed by atoms with Crippen LogP contribution in [0.4, 0.5) is 19.3 Å². The van der Waals surface area contributed by atoms with Gasteiger partial charge in [0.1, 0.15) is 17.1 Å². The van der Waals surface area contributed by atoms with Crippen LogP contribution in [-0.2, 0) is 24.2 Å². The zero-order valence-electron chi connectivity index (χ0n) is 18.8. The number of anilines is 1. The van der Waals surface area contributed by atoms with Gasteiger partial charge in [-0.15, -0.1) is 0 Å². The second kappa shape index (κ2) is 10.3. The van der Waals surface area contributed by atoms with Crippen molar-refractivity contribution in [3.63, 3.8) is 0 Å². The Labute approximate surface area is 196 Å². The molecular weight excluding hydrogens is 472 g/mol. The predicted molar refractivity (Wildman–Crippen MR) is 121 cm³/mol. The first kappa shape index (κ1) is 25.3. The Morgan fingerprint density at radius 2 is 1.88 bits per heavy atom. The maximum Gasteiger partial charge on any atom is 0.414 e. The summed E-state index contributed by atoms with van der Waals surface area (Å²) in [7, 11) is 6.34. The van der Waals surface area contributed by atoms with Gasteiger partial charge in [-0.25, -0.2) is 18.4 Å². The molecule has 1 heterocycles. The van der Waals surface area contributed by atoms with E-state index < -0.39 is 34.6 Å². The molecule has 12 heteroatoms. The lowest BCUT2D eigenvalue weighted by molar-refractivity contribution is 0.172. The molecule has 0 saturated carbocycles. The highest BCUT2D eigenvalue weighted by Gasteiger charge is 2.22. The van der Waals surface area contributed by atoms with Crippen LogP contribution in [0, 0.1) is 11.6 Å². The van der Waals surface area contributed by atoms with Crippen molar-refractivity contribution < 1.29 is 31.5 Å². The van der Waals surface area contributed by atoms with Gasteiger partial charge in [0.15, 0.2) is 5.82 Å². The van der Waals surface area contributed by atoms with Crippen molar-refractivity contribution in [2.75, 3.05) is 32.9 Å². The maximum absolute atomic E-state index is 15.2. The minimum atomic E-state index is -2.74. The lowest BCUT2D eigenvalue weighted by atomic mass is 9.97. The van der Waals surface area contributed by atoms with Crippen molar-refractivity contribution in [1.29, 1.82) is 0 Å². The van der Waals surface area contributed by atoms with Gasteiger partial charge in [-0.3, -0.25) is 4.21 Å². The second-order valence-corrected chi connectivity index (χ2v) is 8.59. The first-order valence-electron chi connectivity index (χ1n) is 9.93. The average molecular weight is 494 g/mol. The number of benzene rings is 2. The van der Waals surface area contributed by atoms with E-state index in [0.29, 0.717) is 0 Å². The summed E-state index contributed by atoms with van der Waals surface area (Å²) in [6.07, 6.45) is -1.01. The monoisotopic (exact) mass is 494 g/mol. The van der Waals surface area contributed by atoms with Crippen LogP contribution in [0.1, 0.15) is 16.7 Å². The molecule has 1 atom stereocenters. The molecule has 0 aliphatic heterocycles. The van der Waals surface area contributed by atoms with E-state index in [-0.39, 0.29) is 52.1 Å². The highest BCUT2D eigenvalue weighted by atomic mass is 32.2. The van der Waals surface area contributed by atoms with Crippen LogP contribution in [0.3, 0.4) is 0 Å². The Kier molecular flexibility index (Phi) is 7.64. The highest BCUT2D eigenvalue weighted by molar-refractivity contribution is 7.80. The number of hydrogen-bond acceptors (Lipinski definition) is 7. The zero-order valence-corrected chi connectivity index (χ0v) is 19.6. The summed E-state index contributed by atoms with van der Waals surface area (Å²) in [5.41, 5.74) is -0.959. The molecule has 1 aromatic heterocycles. The van der Waals surface area contributed by atoms with Crippen LogP contribution in [0.5, 0.6) is 5.75 Å². The van der Waals surface area contributed by atoms with Crippen molar-refractivity contribution in [2.24, 2.45) is 0 Å². The van der Waals surface area contributed by atoms with Gasteiger partial charge in [0, 0.05) is 56.0 Å². The third-order valence-electron chi connectivity index (χ3n) is 4.83. The molecule has 9 nitrogen and oxygen atoms in total. The van der Waals surface area contributed by atoms with Crippen LogP contribution in [0.15, 0.2) is 39.5 Å². The fourth-order valence-corrected chi connectivity index (χ4v) is 3.70. The van der Waals surface area contributed by atoms with Gasteiger partial charge in [0.2, 0.25) is 0 Å². The van der Waals surface area contributed by atoms with E-state index in [9.17, 15) is 22.7 Å². The molecule has 1 unspecified atom stereocenters. The first-order chi connectivity index (χ1) is 16.0. The van der Waals surface area contributed by atoms with Crippen LogP contribution in [0.2, 0.25) is 0 Å². The Morgan fingerprint density at radius 1 is 1.18 bits per heavy atom. The summed E-state index contributed by atoms with van der Waals surface area (Å²) in [5.74, 6) is -1.81. The minimum Gasteiger partial charge on any atom is -0.755 e. The maximum atomic E-state index is 15.2. The summed E-state index contributed by atoms with van der Waals surface area (Å²) < 4.78 is 64.3. The smallest absolute Gasteiger partial charge is 0.414 e. The Bertz CT molecular complexity index is 1330. The fraction of sp³-hybridized carbons (Fsp3) is 0.273. The molecule has 0 aliphatic rings. The van der Waals surface area contributed by atoms with Crippen LogP contribution < -0.4 is 15.1 Å². The zero-order chi connectivity index (χ0) is 25.2. The molecule has 0 fully saturated rings. The van der Waals surface area contributed by atoms with Gasteiger partial charge < -0.3 is 28.2 Å². The van der Waals surface area contributed by atoms with Crippen molar-refractivity contribution in [3.8, 4) is 5.75 Å². The summed E-state index contributed by atoms with van der Waals surface area (Å²) in [4.78, 5) is 27.6. The lowest BCUT2D eigenvalue weighted by Gasteiger charge is -2.18. The lowest BCUT2D eigenvalue weighted by Crippen LogP contribution is -2.25. The van der Waals surface area contributed by atoms with Crippen molar-refractivity contribution in [3.05, 3.63) is 69.1 Å². The van der Waals surface area contributed by atoms with Gasteiger partial charge in [-0.05, 0) is 31.3 Å². The number of ether oxygens (including phenoxy) is 1. The minimum absolute atomic E-state index is 0.0108. The van der Waals surface area contributed by atoms with Gasteiger partial charge in [0.25, 0.3) is 0 Å². The van der Waals surface area contributed by atoms with Gasteiger partial charge in [-0.2, -0.15) is 0 Å². The molecule has 2 aromatic carbocycles. The van der Waals surface area contributed by atoms with E-state index in [2.05, 4.69) is 0 Å². The Hall–Kier alpha value is -3.35. The number of halogens is 2. The molecule has 182 valence electrons. The molecule has 0 radical (unpaired) electrons. The SMILES string of the molecule is CN(C)Cc1c(Cc2cccc(NS(=O)[O-])c2F)c(=O)oc2cc(OC(=O)N(C)C)cc(F)c12. The number of rotatable bonds is 7. The summed E-state index contributed by atoms with van der Waals surface area (Å²) in [6, 6.07) is 6.28. The summed E-state index contributed by atoms with van der Waals surface area (Å²) >= 11 is -2.74. The van der Waals surface area contributed by atoms with Gasteiger partial charge in [0.05, 0.1) is 11.1 Å². The number of carbonyl (C=O) groups excluding carboxylic acids is 1. The summed E-state index contributed by atoms with van der Waals surface area (Å²) in [6.45, 7) is 0.120. The molecule has 3 rings (SSSR count).